The van der Waals surface area contributed by atoms with Gasteiger partial charge in [-0.2, -0.15) is 0 Å². The van der Waals surface area contributed by atoms with Gasteiger partial charge in [0.15, 0.2) is 5.78 Å². The van der Waals surface area contributed by atoms with Gasteiger partial charge in [-0.3, -0.25) is 9.59 Å². The number of anilines is 1. The monoisotopic (exact) mass is 289 g/mol. The van der Waals surface area contributed by atoms with Gasteiger partial charge in [0.2, 0.25) is 5.91 Å². The summed E-state index contributed by atoms with van der Waals surface area (Å²) in [4.78, 5) is 27.4. The van der Waals surface area contributed by atoms with Crippen LogP contribution in [0.4, 0.5) is 5.69 Å². The predicted octanol–water partition coefficient (Wildman–Crippen LogP) is 1.28. The van der Waals surface area contributed by atoms with E-state index in [2.05, 4.69) is 4.90 Å². The van der Waals surface area contributed by atoms with Crippen LogP contribution in [-0.4, -0.2) is 48.8 Å². The van der Waals surface area contributed by atoms with Gasteiger partial charge in [0.1, 0.15) is 0 Å². The van der Waals surface area contributed by atoms with E-state index in [4.69, 9.17) is 5.73 Å². The van der Waals surface area contributed by atoms with Crippen molar-refractivity contribution in [1.82, 2.24) is 4.90 Å². The number of nitrogens with zero attached hydrogens (tertiary/aromatic N) is 2. The molecular weight excluding hydrogens is 266 g/mol. The summed E-state index contributed by atoms with van der Waals surface area (Å²) < 4.78 is 0. The summed E-state index contributed by atoms with van der Waals surface area (Å²) in [7, 11) is 0. The Balaban J connectivity index is 1.94. The number of ketones is 1. The molecule has 1 saturated heterocycles. The number of amides is 1. The summed E-state index contributed by atoms with van der Waals surface area (Å²) >= 11 is 0. The van der Waals surface area contributed by atoms with E-state index in [-0.39, 0.29) is 17.7 Å². The Morgan fingerprint density at radius 3 is 2.19 bits per heavy atom. The van der Waals surface area contributed by atoms with Crippen molar-refractivity contribution in [3.63, 3.8) is 0 Å². The Labute approximate surface area is 125 Å². The van der Waals surface area contributed by atoms with Gasteiger partial charge in [-0.1, -0.05) is 6.92 Å². The first-order chi connectivity index (χ1) is 10.0. The van der Waals surface area contributed by atoms with Crippen molar-refractivity contribution in [2.24, 2.45) is 5.73 Å². The number of piperazine rings is 1. The van der Waals surface area contributed by atoms with Crippen molar-refractivity contribution in [2.75, 3.05) is 31.1 Å². The average molecular weight is 289 g/mol. The smallest absolute Gasteiger partial charge is 0.239 e. The molecule has 0 aromatic heterocycles. The highest BCUT2D eigenvalue weighted by Crippen LogP contribution is 2.18. The van der Waals surface area contributed by atoms with Gasteiger partial charge in [0.25, 0.3) is 0 Å². The molecule has 1 fully saturated rings. The molecule has 1 amide bonds. The standard InChI is InChI=1S/C16H23N3O2/c1-3-15(17)16(21)19-10-8-18(9-11-19)14-6-4-13(5-7-14)12(2)20/h4-7,15H,3,8-11,17H2,1-2H3. The molecule has 2 N–H and O–H groups in total. The maximum absolute atomic E-state index is 12.0. The SMILES string of the molecule is CCC(N)C(=O)N1CCN(c2ccc(C(C)=O)cc2)CC1. The Bertz CT molecular complexity index is 505. The average Bonchev–Trinajstić information content (AvgIpc) is 2.53. The highest BCUT2D eigenvalue weighted by molar-refractivity contribution is 5.94. The van der Waals surface area contributed by atoms with Crippen LogP contribution in [0.25, 0.3) is 0 Å². The molecule has 1 atom stereocenters. The zero-order valence-electron chi connectivity index (χ0n) is 12.7. The van der Waals surface area contributed by atoms with E-state index < -0.39 is 0 Å². The summed E-state index contributed by atoms with van der Waals surface area (Å²) in [5.41, 5.74) is 7.61. The van der Waals surface area contributed by atoms with E-state index in [1.54, 1.807) is 6.92 Å². The predicted molar refractivity (Wildman–Crippen MR) is 83.5 cm³/mol. The van der Waals surface area contributed by atoms with Crippen LogP contribution in [0.3, 0.4) is 0 Å². The summed E-state index contributed by atoms with van der Waals surface area (Å²) in [6.07, 6.45) is 0.672. The minimum absolute atomic E-state index is 0.0454. The first-order valence-corrected chi connectivity index (χ1v) is 7.43. The molecule has 2 rings (SSSR count). The normalized spacial score (nSPS) is 16.7. The number of carbonyl (C=O) groups is 2. The highest BCUT2D eigenvalue weighted by Gasteiger charge is 2.24. The van der Waals surface area contributed by atoms with E-state index >= 15 is 0 Å². The van der Waals surface area contributed by atoms with Crippen LogP contribution < -0.4 is 10.6 Å². The van der Waals surface area contributed by atoms with Crippen molar-refractivity contribution in [2.45, 2.75) is 26.3 Å². The second-order valence-electron chi connectivity index (χ2n) is 5.43. The quantitative estimate of drug-likeness (QED) is 0.848. The molecule has 0 bridgehead atoms. The summed E-state index contributed by atoms with van der Waals surface area (Å²) in [5.74, 6) is 0.120. The molecule has 5 nitrogen and oxygen atoms in total. The minimum atomic E-state index is -0.383. The molecule has 0 spiro atoms. The molecule has 1 aliphatic rings. The third-order valence-electron chi connectivity index (χ3n) is 3.99. The lowest BCUT2D eigenvalue weighted by Gasteiger charge is -2.37. The largest absolute Gasteiger partial charge is 0.368 e. The second kappa shape index (κ2) is 6.72. The topological polar surface area (TPSA) is 66.6 Å². The molecule has 1 aromatic rings. The fourth-order valence-electron chi connectivity index (χ4n) is 2.50. The van der Waals surface area contributed by atoms with Gasteiger partial charge in [-0.15, -0.1) is 0 Å². The van der Waals surface area contributed by atoms with Gasteiger partial charge in [-0.05, 0) is 37.6 Å². The van der Waals surface area contributed by atoms with E-state index in [0.717, 1.165) is 24.3 Å². The number of hydrogen-bond donors (Lipinski definition) is 1. The van der Waals surface area contributed by atoms with Crippen LogP contribution in [-0.2, 0) is 4.79 Å². The van der Waals surface area contributed by atoms with Crippen molar-refractivity contribution in [1.29, 1.82) is 0 Å². The maximum Gasteiger partial charge on any atom is 0.239 e. The van der Waals surface area contributed by atoms with Crippen molar-refractivity contribution in [3.8, 4) is 0 Å². The molecule has 1 heterocycles. The van der Waals surface area contributed by atoms with E-state index in [9.17, 15) is 9.59 Å². The van der Waals surface area contributed by atoms with Gasteiger partial charge < -0.3 is 15.5 Å². The molecular formula is C16H23N3O2. The lowest BCUT2D eigenvalue weighted by atomic mass is 10.1. The zero-order valence-corrected chi connectivity index (χ0v) is 12.7. The van der Waals surface area contributed by atoms with Crippen LogP contribution in [0.1, 0.15) is 30.6 Å². The molecule has 1 unspecified atom stereocenters. The number of benzene rings is 1. The number of carbonyl (C=O) groups excluding carboxylic acids is 2. The van der Waals surface area contributed by atoms with Gasteiger partial charge in [-0.25, -0.2) is 0 Å². The van der Waals surface area contributed by atoms with Gasteiger partial charge in [0.05, 0.1) is 6.04 Å². The second-order valence-corrected chi connectivity index (χ2v) is 5.43. The maximum atomic E-state index is 12.0. The van der Waals surface area contributed by atoms with Crippen molar-refractivity contribution >= 4 is 17.4 Å². The Morgan fingerprint density at radius 1 is 1.14 bits per heavy atom. The van der Waals surface area contributed by atoms with Crippen LogP contribution in [0.2, 0.25) is 0 Å². The van der Waals surface area contributed by atoms with Gasteiger partial charge in [0, 0.05) is 37.4 Å². The molecule has 0 aliphatic carbocycles. The third-order valence-corrected chi connectivity index (χ3v) is 3.99. The lowest BCUT2D eigenvalue weighted by Crippen LogP contribution is -2.53. The van der Waals surface area contributed by atoms with Crippen LogP contribution in [0.5, 0.6) is 0 Å². The molecule has 1 aromatic carbocycles. The molecule has 114 valence electrons. The fraction of sp³-hybridized carbons (Fsp3) is 0.500. The summed E-state index contributed by atoms with van der Waals surface area (Å²) in [6.45, 7) is 6.47. The fourth-order valence-corrected chi connectivity index (χ4v) is 2.50. The van der Waals surface area contributed by atoms with E-state index in [1.165, 1.54) is 0 Å². The molecule has 0 radical (unpaired) electrons. The Kier molecular flexibility index (Phi) is 4.96. The molecule has 1 aliphatic heterocycles. The van der Waals surface area contributed by atoms with Crippen molar-refractivity contribution < 1.29 is 9.59 Å². The first-order valence-electron chi connectivity index (χ1n) is 7.43. The Morgan fingerprint density at radius 2 is 1.71 bits per heavy atom. The minimum Gasteiger partial charge on any atom is -0.368 e. The first kappa shape index (κ1) is 15.5. The number of Topliss-reactive ketones (excluding diaryl/α,β-unsaturated/α-hetero) is 1. The molecule has 0 saturated carbocycles. The van der Waals surface area contributed by atoms with Gasteiger partial charge >= 0.3 is 0 Å². The zero-order chi connectivity index (χ0) is 15.4. The van der Waals surface area contributed by atoms with Crippen LogP contribution in [0.15, 0.2) is 24.3 Å². The van der Waals surface area contributed by atoms with Crippen molar-refractivity contribution in [3.05, 3.63) is 29.8 Å². The molecule has 21 heavy (non-hydrogen) atoms. The third kappa shape index (κ3) is 3.61. The van der Waals surface area contributed by atoms with E-state index in [1.807, 2.05) is 36.1 Å². The highest BCUT2D eigenvalue weighted by atomic mass is 16.2. The number of nitrogens with two attached hydrogens (primary N) is 1. The Hall–Kier alpha value is -1.88. The van der Waals surface area contributed by atoms with Crippen LogP contribution in [0, 0.1) is 0 Å². The number of hydrogen-bond acceptors (Lipinski definition) is 4. The summed E-state index contributed by atoms with van der Waals surface area (Å²) in [6, 6.07) is 7.24. The van der Waals surface area contributed by atoms with E-state index in [0.29, 0.717) is 19.5 Å². The molecule has 5 heteroatoms. The number of rotatable bonds is 4. The van der Waals surface area contributed by atoms with Crippen LogP contribution >= 0.6 is 0 Å². The lowest BCUT2D eigenvalue weighted by molar-refractivity contribution is -0.132. The summed E-state index contributed by atoms with van der Waals surface area (Å²) in [5, 5.41) is 0.